The Morgan fingerprint density at radius 1 is 1.04 bits per heavy atom. The Bertz CT molecular complexity index is 1020. The van der Waals surface area contributed by atoms with Gasteiger partial charge in [0.2, 0.25) is 0 Å². The standard InChI is InChI=1S/C18H10Cl3FN2O2/c19-11-2-1-3-12(20)15(11)18-17(23)10(6-7-24(18)26)14-13(22)5-4-9(8-25)16(14)21/h1-8H,23H2. The van der Waals surface area contributed by atoms with Gasteiger partial charge in [0, 0.05) is 22.8 Å². The number of nitrogen functional groups attached to an aromatic ring is 1. The highest BCUT2D eigenvalue weighted by Gasteiger charge is 2.25. The normalized spacial score (nSPS) is 10.8. The number of nitrogens with two attached hydrogens (primary N) is 1. The SMILES string of the molecule is Nc1c(-c2c(F)ccc(C=O)c2Cl)cc[n+]([O-])c1-c1c(Cl)cccc1Cl. The van der Waals surface area contributed by atoms with Crippen LogP contribution in [0.25, 0.3) is 22.4 Å². The van der Waals surface area contributed by atoms with E-state index in [1.807, 2.05) is 0 Å². The van der Waals surface area contributed by atoms with Gasteiger partial charge in [-0.1, -0.05) is 40.9 Å². The molecule has 0 aliphatic rings. The van der Waals surface area contributed by atoms with Gasteiger partial charge in [-0.2, -0.15) is 4.73 Å². The van der Waals surface area contributed by atoms with Crippen molar-refractivity contribution in [1.82, 2.24) is 0 Å². The van der Waals surface area contributed by atoms with E-state index in [2.05, 4.69) is 0 Å². The summed E-state index contributed by atoms with van der Waals surface area (Å²) in [5.74, 6) is -0.688. The molecule has 0 aliphatic carbocycles. The van der Waals surface area contributed by atoms with Crippen molar-refractivity contribution in [2.45, 2.75) is 0 Å². The van der Waals surface area contributed by atoms with Gasteiger partial charge in [0.1, 0.15) is 11.5 Å². The molecule has 3 aromatic rings. The van der Waals surface area contributed by atoms with Gasteiger partial charge in [0.25, 0.3) is 5.69 Å². The van der Waals surface area contributed by atoms with E-state index in [-0.39, 0.29) is 48.7 Å². The van der Waals surface area contributed by atoms with Crippen LogP contribution in [0.4, 0.5) is 10.1 Å². The summed E-state index contributed by atoms with van der Waals surface area (Å²) in [5, 5.41) is 12.7. The monoisotopic (exact) mass is 410 g/mol. The molecule has 26 heavy (non-hydrogen) atoms. The molecule has 0 aliphatic heterocycles. The third-order valence-electron chi connectivity index (χ3n) is 3.86. The second-order valence-electron chi connectivity index (χ2n) is 5.36. The molecule has 3 rings (SSSR count). The molecule has 0 unspecified atom stereocenters. The lowest BCUT2D eigenvalue weighted by atomic mass is 9.98. The fourth-order valence-electron chi connectivity index (χ4n) is 2.65. The molecule has 1 aromatic heterocycles. The Morgan fingerprint density at radius 2 is 1.69 bits per heavy atom. The topological polar surface area (TPSA) is 70.0 Å². The van der Waals surface area contributed by atoms with Gasteiger partial charge in [-0.05, 0) is 24.3 Å². The van der Waals surface area contributed by atoms with Crippen molar-refractivity contribution in [3.63, 3.8) is 0 Å². The van der Waals surface area contributed by atoms with Crippen molar-refractivity contribution >= 4 is 46.8 Å². The Hall–Kier alpha value is -2.34. The molecule has 0 atom stereocenters. The highest BCUT2D eigenvalue weighted by molar-refractivity contribution is 6.39. The number of nitrogens with zero attached hydrogens (tertiary/aromatic N) is 1. The fraction of sp³-hybridized carbons (Fsp3) is 0. The van der Waals surface area contributed by atoms with Crippen LogP contribution in [0.5, 0.6) is 0 Å². The molecule has 0 fully saturated rings. The van der Waals surface area contributed by atoms with Crippen LogP contribution in [0.15, 0.2) is 42.6 Å². The van der Waals surface area contributed by atoms with Crippen LogP contribution in [0.1, 0.15) is 10.4 Å². The fourth-order valence-corrected chi connectivity index (χ4v) is 3.52. The summed E-state index contributed by atoms with van der Waals surface area (Å²) in [6.45, 7) is 0. The van der Waals surface area contributed by atoms with Gasteiger partial charge in [0.15, 0.2) is 12.5 Å². The number of carbonyl (C=O) groups is 1. The first kappa shape index (κ1) is 18.5. The average molecular weight is 412 g/mol. The molecule has 132 valence electrons. The lowest BCUT2D eigenvalue weighted by molar-refractivity contribution is -0.592. The number of pyridine rings is 1. The van der Waals surface area contributed by atoms with Gasteiger partial charge in [-0.25, -0.2) is 4.39 Å². The summed E-state index contributed by atoms with van der Waals surface area (Å²) in [5.41, 5.74) is 6.43. The zero-order valence-electron chi connectivity index (χ0n) is 13.0. The van der Waals surface area contributed by atoms with Gasteiger partial charge in [-0.15, -0.1) is 0 Å². The number of halogens is 4. The van der Waals surface area contributed by atoms with E-state index in [1.165, 1.54) is 12.1 Å². The maximum absolute atomic E-state index is 14.4. The van der Waals surface area contributed by atoms with Crippen LogP contribution in [-0.4, -0.2) is 6.29 Å². The summed E-state index contributed by atoms with van der Waals surface area (Å²) < 4.78 is 14.9. The minimum atomic E-state index is -0.688. The molecule has 2 N–H and O–H groups in total. The Morgan fingerprint density at radius 3 is 2.31 bits per heavy atom. The van der Waals surface area contributed by atoms with Crippen molar-refractivity contribution in [1.29, 1.82) is 0 Å². The van der Waals surface area contributed by atoms with Crippen LogP contribution >= 0.6 is 34.8 Å². The van der Waals surface area contributed by atoms with Crippen molar-refractivity contribution < 1.29 is 13.9 Å². The number of anilines is 1. The zero-order valence-corrected chi connectivity index (χ0v) is 15.2. The van der Waals surface area contributed by atoms with Crippen molar-refractivity contribution in [2.75, 3.05) is 5.73 Å². The molecule has 0 amide bonds. The number of aromatic nitrogens is 1. The predicted octanol–water partition coefficient (Wildman–Crippen LogP) is 5.15. The van der Waals surface area contributed by atoms with E-state index in [4.69, 9.17) is 40.5 Å². The molecule has 2 aromatic carbocycles. The largest absolute Gasteiger partial charge is 0.618 e. The molecular weight excluding hydrogens is 402 g/mol. The molecule has 1 heterocycles. The Balaban J connectivity index is 2.37. The Labute approximate surface area is 163 Å². The first-order chi connectivity index (χ1) is 12.4. The van der Waals surface area contributed by atoms with Crippen LogP contribution < -0.4 is 10.5 Å². The smallest absolute Gasteiger partial charge is 0.250 e. The van der Waals surface area contributed by atoms with Gasteiger partial charge in [-0.3, -0.25) is 4.79 Å². The second kappa shape index (κ2) is 7.11. The van der Waals surface area contributed by atoms with E-state index in [1.54, 1.807) is 18.2 Å². The third kappa shape index (κ3) is 2.98. The van der Waals surface area contributed by atoms with Gasteiger partial charge >= 0.3 is 0 Å². The van der Waals surface area contributed by atoms with E-state index in [0.29, 0.717) is 11.0 Å². The minimum Gasteiger partial charge on any atom is -0.618 e. The third-order valence-corrected chi connectivity index (χ3v) is 4.90. The maximum atomic E-state index is 14.4. The van der Waals surface area contributed by atoms with Crippen molar-refractivity contribution in [3.8, 4) is 22.4 Å². The number of hydrogen-bond acceptors (Lipinski definition) is 3. The van der Waals surface area contributed by atoms with Crippen molar-refractivity contribution in [2.24, 2.45) is 0 Å². The van der Waals surface area contributed by atoms with Crippen LogP contribution in [-0.2, 0) is 0 Å². The van der Waals surface area contributed by atoms with Crippen molar-refractivity contribution in [3.05, 3.63) is 74.3 Å². The number of aldehydes is 1. The number of rotatable bonds is 3. The van der Waals surface area contributed by atoms with Gasteiger partial charge < -0.3 is 10.9 Å². The number of carbonyl (C=O) groups excluding carboxylic acids is 1. The zero-order chi connectivity index (χ0) is 19.0. The van der Waals surface area contributed by atoms with Gasteiger partial charge in [0.05, 0.1) is 20.6 Å². The predicted molar refractivity (Wildman–Crippen MR) is 101 cm³/mol. The summed E-state index contributed by atoms with van der Waals surface area (Å²) in [6, 6.07) is 8.39. The lowest BCUT2D eigenvalue weighted by Gasteiger charge is -2.15. The Kier molecular flexibility index (Phi) is 5.05. The lowest BCUT2D eigenvalue weighted by Crippen LogP contribution is -2.30. The van der Waals surface area contributed by atoms with Crippen LogP contribution in [0.3, 0.4) is 0 Å². The maximum Gasteiger partial charge on any atom is 0.250 e. The number of hydrogen-bond donors (Lipinski definition) is 1. The minimum absolute atomic E-state index is 0.0370. The number of benzene rings is 2. The van der Waals surface area contributed by atoms with E-state index in [9.17, 15) is 14.4 Å². The quantitative estimate of drug-likeness (QED) is 0.368. The summed E-state index contributed by atoms with van der Waals surface area (Å²) >= 11 is 18.5. The summed E-state index contributed by atoms with van der Waals surface area (Å²) in [7, 11) is 0. The highest BCUT2D eigenvalue weighted by atomic mass is 35.5. The van der Waals surface area contributed by atoms with E-state index in [0.717, 1.165) is 12.3 Å². The molecule has 0 bridgehead atoms. The van der Waals surface area contributed by atoms with Crippen LogP contribution in [0.2, 0.25) is 15.1 Å². The summed E-state index contributed by atoms with van der Waals surface area (Å²) in [4.78, 5) is 11.1. The average Bonchev–Trinajstić information content (AvgIpc) is 2.59. The van der Waals surface area contributed by atoms with E-state index >= 15 is 0 Å². The molecule has 8 heteroatoms. The molecule has 0 radical (unpaired) electrons. The van der Waals surface area contributed by atoms with E-state index < -0.39 is 5.82 Å². The summed E-state index contributed by atoms with van der Waals surface area (Å²) in [6.07, 6.45) is 1.65. The molecule has 0 spiro atoms. The first-order valence-electron chi connectivity index (χ1n) is 7.26. The molecule has 4 nitrogen and oxygen atoms in total. The molecule has 0 saturated heterocycles. The highest BCUT2D eigenvalue weighted by Crippen LogP contribution is 2.42. The first-order valence-corrected chi connectivity index (χ1v) is 8.39. The molecule has 0 saturated carbocycles. The second-order valence-corrected chi connectivity index (χ2v) is 6.55. The molecular formula is C18H10Cl3FN2O2. The van der Waals surface area contributed by atoms with Crippen LogP contribution in [0, 0.1) is 11.0 Å².